The first-order valence-corrected chi connectivity index (χ1v) is 24.6. The van der Waals surface area contributed by atoms with Gasteiger partial charge in [0.1, 0.15) is 11.2 Å². The number of nitrogens with zero attached hydrogens (tertiary/aromatic N) is 3. The van der Waals surface area contributed by atoms with E-state index in [1.165, 1.54) is 43.8 Å². The lowest BCUT2D eigenvalue weighted by atomic mass is 9.96. The van der Waals surface area contributed by atoms with Crippen LogP contribution in [0, 0.1) is 0 Å². The number of benzene rings is 12. The van der Waals surface area contributed by atoms with Crippen LogP contribution in [0.3, 0.4) is 0 Å². The molecule has 2 heterocycles. The van der Waals surface area contributed by atoms with Crippen LogP contribution in [0.4, 0.5) is 34.1 Å². The summed E-state index contributed by atoms with van der Waals surface area (Å²) in [6, 6.07) is 98.6. The van der Waals surface area contributed by atoms with Crippen molar-refractivity contribution in [2.45, 2.75) is 0 Å². The first-order chi connectivity index (χ1) is 35.7. The SMILES string of the molecule is c1ccc(-c2ccc(N(c3ccccc3)c3cc4c(c5ccccc35)c3c5ccccc5c(N(c5ccccc5)c5ccc(-c6ccccc6)cc5)cc3n4-c3ccc4oc5ccccc5c4c3)cc2)cc1. The number of hydrogen-bond acceptors (Lipinski definition) is 3. The fraction of sp³-hybridized carbons (Fsp3) is 0. The fourth-order valence-corrected chi connectivity index (χ4v) is 11.1. The van der Waals surface area contributed by atoms with Crippen LogP contribution in [0.15, 0.2) is 277 Å². The predicted octanol–water partition coefficient (Wildman–Crippen LogP) is 19.3. The summed E-state index contributed by atoms with van der Waals surface area (Å²) in [5, 5.41) is 9.26. The first-order valence-electron chi connectivity index (χ1n) is 24.6. The van der Waals surface area contributed by atoms with E-state index < -0.39 is 0 Å². The van der Waals surface area contributed by atoms with Gasteiger partial charge in [0.15, 0.2) is 0 Å². The average molecular weight is 920 g/mol. The van der Waals surface area contributed by atoms with Gasteiger partial charge in [0.25, 0.3) is 0 Å². The number of aromatic nitrogens is 1. The van der Waals surface area contributed by atoms with E-state index in [2.05, 4.69) is 281 Å². The Hall–Kier alpha value is -9.64. The Balaban J connectivity index is 1.09. The minimum Gasteiger partial charge on any atom is -0.456 e. The van der Waals surface area contributed by atoms with Crippen molar-refractivity contribution >= 4 is 99.4 Å². The smallest absolute Gasteiger partial charge is 0.135 e. The second-order valence-corrected chi connectivity index (χ2v) is 18.5. The van der Waals surface area contributed by atoms with Crippen molar-refractivity contribution in [3.05, 3.63) is 273 Å². The molecule has 0 fully saturated rings. The van der Waals surface area contributed by atoms with Gasteiger partial charge in [-0.15, -0.1) is 0 Å². The zero-order valence-corrected chi connectivity index (χ0v) is 39.2. The van der Waals surface area contributed by atoms with Gasteiger partial charge < -0.3 is 18.8 Å². The van der Waals surface area contributed by atoms with E-state index in [-0.39, 0.29) is 0 Å². The van der Waals surface area contributed by atoms with E-state index in [4.69, 9.17) is 4.42 Å². The van der Waals surface area contributed by atoms with Crippen molar-refractivity contribution in [1.29, 1.82) is 0 Å². The monoisotopic (exact) mass is 919 g/mol. The molecule has 338 valence electrons. The zero-order chi connectivity index (χ0) is 47.5. The lowest BCUT2D eigenvalue weighted by Gasteiger charge is -2.27. The maximum atomic E-state index is 6.46. The van der Waals surface area contributed by atoms with E-state index in [1.54, 1.807) is 0 Å². The minimum atomic E-state index is 0.862. The molecule has 0 atom stereocenters. The lowest BCUT2D eigenvalue weighted by Crippen LogP contribution is -2.11. The summed E-state index contributed by atoms with van der Waals surface area (Å²) in [6.45, 7) is 0. The van der Waals surface area contributed by atoms with Crippen LogP contribution in [0.2, 0.25) is 0 Å². The molecular weight excluding hydrogens is 875 g/mol. The molecule has 14 rings (SSSR count). The van der Waals surface area contributed by atoms with Crippen LogP contribution in [0.1, 0.15) is 0 Å². The molecule has 0 N–H and O–H groups in total. The van der Waals surface area contributed by atoms with E-state index in [9.17, 15) is 0 Å². The van der Waals surface area contributed by atoms with E-state index >= 15 is 0 Å². The van der Waals surface area contributed by atoms with Gasteiger partial charge in [0.05, 0.1) is 22.4 Å². The summed E-state index contributed by atoms with van der Waals surface area (Å²) in [4.78, 5) is 4.84. The van der Waals surface area contributed by atoms with Gasteiger partial charge in [-0.2, -0.15) is 0 Å². The van der Waals surface area contributed by atoms with Crippen molar-refractivity contribution in [2.24, 2.45) is 0 Å². The molecule has 0 radical (unpaired) electrons. The molecule has 2 aromatic heterocycles. The number of para-hydroxylation sites is 3. The molecule has 4 nitrogen and oxygen atoms in total. The minimum absolute atomic E-state index is 0.862. The molecule has 0 aliphatic rings. The number of fused-ring (bicyclic) bond motifs is 10. The summed E-state index contributed by atoms with van der Waals surface area (Å²) in [5.41, 5.74) is 16.2. The first kappa shape index (κ1) is 41.3. The van der Waals surface area contributed by atoms with Crippen LogP contribution in [0.5, 0.6) is 0 Å². The Bertz CT molecular complexity index is 4070. The Morgan fingerprint density at radius 1 is 0.264 bits per heavy atom. The molecule has 0 amide bonds. The number of rotatable bonds is 9. The molecule has 72 heavy (non-hydrogen) atoms. The number of anilines is 6. The third-order valence-corrected chi connectivity index (χ3v) is 14.3. The number of hydrogen-bond donors (Lipinski definition) is 0. The van der Waals surface area contributed by atoms with Crippen LogP contribution in [-0.2, 0) is 0 Å². The summed E-state index contributed by atoms with van der Waals surface area (Å²) in [7, 11) is 0. The Kier molecular flexibility index (Phi) is 9.82. The molecule has 0 aliphatic carbocycles. The van der Waals surface area contributed by atoms with Crippen molar-refractivity contribution in [3.63, 3.8) is 0 Å². The standard InChI is InChI=1S/C68H45N3O/c1-5-19-46(20-6-1)48-33-37-52(38-34-48)69(50-23-9-3-10-24-50)61-44-63-67(58-30-15-13-27-55(58)61)68-59-31-16-14-28-56(59)62(45-64(68)71(63)54-41-42-66-60(43-54)57-29-17-18-32-65(57)72-66)70(51-25-11-4-12-26-51)53-39-35-49(36-40-53)47-21-7-2-8-22-47/h1-45H. The molecular formula is C68H45N3O. The van der Waals surface area contributed by atoms with Gasteiger partial charge in [-0.25, -0.2) is 0 Å². The van der Waals surface area contributed by atoms with Gasteiger partial charge >= 0.3 is 0 Å². The van der Waals surface area contributed by atoms with E-state index in [1.807, 2.05) is 6.07 Å². The molecule has 0 saturated carbocycles. The summed E-state index contributed by atoms with van der Waals surface area (Å²) in [6.07, 6.45) is 0. The highest BCUT2D eigenvalue weighted by Crippen LogP contribution is 2.50. The topological polar surface area (TPSA) is 24.6 Å². The molecule has 0 spiro atoms. The second-order valence-electron chi connectivity index (χ2n) is 18.5. The zero-order valence-electron chi connectivity index (χ0n) is 39.2. The van der Waals surface area contributed by atoms with Crippen LogP contribution >= 0.6 is 0 Å². The quantitative estimate of drug-likeness (QED) is 0.144. The van der Waals surface area contributed by atoms with Crippen molar-refractivity contribution in [1.82, 2.24) is 4.57 Å². The highest BCUT2D eigenvalue weighted by atomic mass is 16.3. The average Bonchev–Trinajstić information content (AvgIpc) is 4.00. The van der Waals surface area contributed by atoms with Gasteiger partial charge in [-0.1, -0.05) is 188 Å². The summed E-state index contributed by atoms with van der Waals surface area (Å²) >= 11 is 0. The fourth-order valence-electron chi connectivity index (χ4n) is 11.1. The van der Waals surface area contributed by atoms with Crippen LogP contribution in [-0.4, -0.2) is 4.57 Å². The van der Waals surface area contributed by atoms with Crippen molar-refractivity contribution < 1.29 is 4.42 Å². The molecule has 14 aromatic rings. The third-order valence-electron chi connectivity index (χ3n) is 14.3. The molecule has 0 aliphatic heterocycles. The predicted molar refractivity (Wildman–Crippen MR) is 303 cm³/mol. The maximum Gasteiger partial charge on any atom is 0.135 e. The highest BCUT2D eigenvalue weighted by Gasteiger charge is 2.26. The largest absolute Gasteiger partial charge is 0.456 e. The van der Waals surface area contributed by atoms with Gasteiger partial charge in [-0.3, -0.25) is 0 Å². The normalized spacial score (nSPS) is 11.6. The van der Waals surface area contributed by atoms with Crippen molar-refractivity contribution in [3.8, 4) is 27.9 Å². The number of furan rings is 1. The van der Waals surface area contributed by atoms with Crippen molar-refractivity contribution in [2.75, 3.05) is 9.80 Å². The summed E-state index contributed by atoms with van der Waals surface area (Å²) in [5.74, 6) is 0. The van der Waals surface area contributed by atoms with Gasteiger partial charge in [0.2, 0.25) is 0 Å². The maximum absolute atomic E-state index is 6.46. The molecule has 0 saturated heterocycles. The van der Waals surface area contributed by atoms with E-state index in [0.717, 1.165) is 83.6 Å². The molecule has 4 heteroatoms. The molecule has 12 aromatic carbocycles. The molecule has 0 unspecified atom stereocenters. The Morgan fingerprint density at radius 2 is 0.625 bits per heavy atom. The van der Waals surface area contributed by atoms with E-state index in [0.29, 0.717) is 0 Å². The van der Waals surface area contributed by atoms with Gasteiger partial charge in [0, 0.05) is 60.8 Å². The van der Waals surface area contributed by atoms with Gasteiger partial charge in [-0.05, 0) is 118 Å². The van der Waals surface area contributed by atoms with Crippen LogP contribution < -0.4 is 9.80 Å². The third kappa shape index (κ3) is 6.84. The lowest BCUT2D eigenvalue weighted by molar-refractivity contribution is 0.669. The Labute approximate surface area is 417 Å². The Morgan fingerprint density at radius 3 is 1.10 bits per heavy atom. The van der Waals surface area contributed by atoms with Crippen LogP contribution in [0.25, 0.3) is 93.2 Å². The summed E-state index contributed by atoms with van der Waals surface area (Å²) < 4.78 is 8.96. The molecule has 0 bridgehead atoms. The highest BCUT2D eigenvalue weighted by molar-refractivity contribution is 6.32. The second kappa shape index (κ2) is 17.1.